The maximum absolute atomic E-state index is 11.1. The maximum atomic E-state index is 11.1. The molecule has 1 aliphatic carbocycles. The van der Waals surface area contributed by atoms with Gasteiger partial charge in [0, 0.05) is 6.54 Å². The molecule has 0 radical (unpaired) electrons. The van der Waals surface area contributed by atoms with Crippen LogP contribution in [0.3, 0.4) is 0 Å². The highest BCUT2D eigenvalue weighted by molar-refractivity contribution is 5.80. The highest BCUT2D eigenvalue weighted by atomic mass is 16.4. The summed E-state index contributed by atoms with van der Waals surface area (Å²) in [6.45, 7) is 2.02. The number of hydrogen-bond donors (Lipinski definition) is 2. The van der Waals surface area contributed by atoms with Crippen molar-refractivity contribution in [1.29, 1.82) is 0 Å². The molecule has 17 heavy (non-hydrogen) atoms. The molecule has 2 aliphatic rings. The van der Waals surface area contributed by atoms with Gasteiger partial charge in [0.15, 0.2) is 0 Å². The molecule has 0 aromatic heterocycles. The third kappa shape index (κ3) is 3.19. The number of rotatable bonds is 5. The first-order chi connectivity index (χ1) is 8.08. The van der Waals surface area contributed by atoms with Crippen LogP contribution in [0.25, 0.3) is 0 Å². The van der Waals surface area contributed by atoms with Crippen LogP contribution in [-0.2, 0) is 9.59 Å². The number of piperidine rings is 1. The number of likely N-dealkylation sites (tertiary alicyclic amines) is 1. The van der Waals surface area contributed by atoms with Gasteiger partial charge in [-0.1, -0.05) is 12.8 Å². The van der Waals surface area contributed by atoms with E-state index in [2.05, 4.69) is 4.90 Å². The van der Waals surface area contributed by atoms with Gasteiger partial charge in [-0.25, -0.2) is 0 Å². The molecule has 2 N–H and O–H groups in total. The van der Waals surface area contributed by atoms with Crippen molar-refractivity contribution < 1.29 is 19.8 Å². The van der Waals surface area contributed by atoms with Crippen molar-refractivity contribution in [3.63, 3.8) is 0 Å². The van der Waals surface area contributed by atoms with E-state index in [0.29, 0.717) is 19.5 Å². The zero-order valence-corrected chi connectivity index (χ0v) is 9.84. The van der Waals surface area contributed by atoms with Crippen molar-refractivity contribution in [3.8, 4) is 0 Å². The Morgan fingerprint density at radius 1 is 1.06 bits per heavy atom. The molecular formula is C12H19NO4. The van der Waals surface area contributed by atoms with Crippen LogP contribution >= 0.6 is 0 Å². The Balaban J connectivity index is 1.88. The Morgan fingerprint density at radius 3 is 2.24 bits per heavy atom. The number of hydrogen-bond acceptors (Lipinski definition) is 3. The highest BCUT2D eigenvalue weighted by Crippen LogP contribution is 2.33. The lowest BCUT2D eigenvalue weighted by Gasteiger charge is -2.34. The van der Waals surface area contributed by atoms with E-state index >= 15 is 0 Å². The predicted octanol–water partition coefficient (Wildman–Crippen LogP) is 0.894. The number of carboxylic acid groups (broad SMARTS) is 2. The first-order valence-electron chi connectivity index (χ1n) is 6.26. The smallest absolute Gasteiger partial charge is 0.308 e. The summed E-state index contributed by atoms with van der Waals surface area (Å²) in [5, 5.41) is 18.1. The zero-order chi connectivity index (χ0) is 12.4. The number of nitrogens with zero attached hydrogens (tertiary/aromatic N) is 1. The summed E-state index contributed by atoms with van der Waals surface area (Å²) in [5.41, 5.74) is 0. The minimum atomic E-state index is -0.978. The third-order valence-corrected chi connectivity index (χ3v) is 3.88. The lowest BCUT2D eigenvalue weighted by Crippen LogP contribution is -2.46. The van der Waals surface area contributed by atoms with Gasteiger partial charge in [-0.15, -0.1) is 0 Å². The molecule has 5 heteroatoms. The molecule has 1 heterocycles. The summed E-state index contributed by atoms with van der Waals surface area (Å²) in [6.07, 6.45) is 4.18. The summed E-state index contributed by atoms with van der Waals surface area (Å²) in [4.78, 5) is 24.2. The quantitative estimate of drug-likeness (QED) is 0.747. The lowest BCUT2D eigenvalue weighted by molar-refractivity contribution is -0.157. The Morgan fingerprint density at radius 2 is 1.71 bits per heavy atom. The second kappa shape index (κ2) is 5.04. The van der Waals surface area contributed by atoms with Gasteiger partial charge in [-0.05, 0) is 31.8 Å². The van der Waals surface area contributed by atoms with Gasteiger partial charge in [0.2, 0.25) is 0 Å². The highest BCUT2D eigenvalue weighted by Gasteiger charge is 2.38. The van der Waals surface area contributed by atoms with E-state index in [1.165, 1.54) is 12.8 Å². The van der Waals surface area contributed by atoms with Gasteiger partial charge >= 0.3 is 11.9 Å². The molecule has 2 unspecified atom stereocenters. The molecule has 1 saturated carbocycles. The molecule has 0 aromatic carbocycles. The van der Waals surface area contributed by atoms with Crippen molar-refractivity contribution >= 4 is 11.9 Å². The normalized spacial score (nSPS) is 30.1. The maximum Gasteiger partial charge on any atom is 0.308 e. The molecule has 2 rings (SSSR count). The molecule has 0 amide bonds. The summed E-state index contributed by atoms with van der Waals surface area (Å²) in [7, 11) is 0. The van der Waals surface area contributed by atoms with Gasteiger partial charge in [0.25, 0.3) is 0 Å². The molecule has 2 atom stereocenters. The van der Waals surface area contributed by atoms with Gasteiger partial charge in [-0.2, -0.15) is 0 Å². The summed E-state index contributed by atoms with van der Waals surface area (Å²) in [6, 6.07) is 0. The first-order valence-corrected chi connectivity index (χ1v) is 6.26. The van der Waals surface area contributed by atoms with Crippen molar-refractivity contribution in [2.45, 2.75) is 25.7 Å². The SMILES string of the molecule is O=C(O)C1CCN(CCC2CC2)CC1C(=O)O. The van der Waals surface area contributed by atoms with E-state index in [9.17, 15) is 9.59 Å². The van der Waals surface area contributed by atoms with Crippen LogP contribution < -0.4 is 0 Å². The lowest BCUT2D eigenvalue weighted by atomic mass is 9.85. The second-order valence-electron chi connectivity index (χ2n) is 5.21. The Labute approximate surface area is 100 Å². The fourth-order valence-electron chi connectivity index (χ4n) is 2.54. The topological polar surface area (TPSA) is 77.8 Å². The van der Waals surface area contributed by atoms with Crippen LogP contribution in [-0.4, -0.2) is 46.7 Å². The summed E-state index contributed by atoms with van der Waals surface area (Å²) < 4.78 is 0. The van der Waals surface area contributed by atoms with Crippen molar-refractivity contribution in [2.75, 3.05) is 19.6 Å². The van der Waals surface area contributed by atoms with Crippen LogP contribution in [0.5, 0.6) is 0 Å². The number of carbonyl (C=O) groups is 2. The van der Waals surface area contributed by atoms with Crippen LogP contribution in [0.4, 0.5) is 0 Å². The molecule has 0 bridgehead atoms. The van der Waals surface area contributed by atoms with Crippen LogP contribution in [0.15, 0.2) is 0 Å². The molecule has 2 fully saturated rings. The third-order valence-electron chi connectivity index (χ3n) is 3.88. The van der Waals surface area contributed by atoms with Crippen molar-refractivity contribution in [2.24, 2.45) is 17.8 Å². The summed E-state index contributed by atoms with van der Waals surface area (Å²) in [5.74, 6) is -2.59. The van der Waals surface area contributed by atoms with Gasteiger partial charge < -0.3 is 15.1 Å². The summed E-state index contributed by atoms with van der Waals surface area (Å²) >= 11 is 0. The largest absolute Gasteiger partial charge is 0.481 e. The first kappa shape index (κ1) is 12.4. The molecule has 5 nitrogen and oxygen atoms in total. The van der Waals surface area contributed by atoms with Gasteiger partial charge in [0.05, 0.1) is 11.8 Å². The van der Waals surface area contributed by atoms with Crippen molar-refractivity contribution in [3.05, 3.63) is 0 Å². The Kier molecular flexibility index (Phi) is 3.66. The van der Waals surface area contributed by atoms with Crippen molar-refractivity contribution in [1.82, 2.24) is 4.90 Å². The average molecular weight is 241 g/mol. The Bertz CT molecular complexity index is 314. The second-order valence-corrected chi connectivity index (χ2v) is 5.21. The van der Waals surface area contributed by atoms with E-state index in [-0.39, 0.29) is 0 Å². The molecule has 96 valence electrons. The standard InChI is InChI=1S/C12H19NO4/c14-11(15)9-4-6-13(5-3-8-1-2-8)7-10(9)12(16)17/h8-10H,1-7H2,(H,14,15)(H,16,17). The van der Waals surface area contributed by atoms with Crippen LogP contribution in [0.1, 0.15) is 25.7 Å². The number of carboxylic acids is 2. The fourth-order valence-corrected chi connectivity index (χ4v) is 2.54. The Hall–Kier alpha value is -1.10. The molecule has 1 aliphatic heterocycles. The number of aliphatic carboxylic acids is 2. The average Bonchev–Trinajstić information content (AvgIpc) is 3.09. The molecular weight excluding hydrogens is 222 g/mol. The molecule has 0 aromatic rings. The van der Waals surface area contributed by atoms with E-state index in [0.717, 1.165) is 18.9 Å². The monoisotopic (exact) mass is 241 g/mol. The minimum Gasteiger partial charge on any atom is -0.481 e. The van der Waals surface area contributed by atoms with E-state index < -0.39 is 23.8 Å². The predicted molar refractivity (Wildman–Crippen MR) is 60.6 cm³/mol. The zero-order valence-electron chi connectivity index (χ0n) is 9.84. The van der Waals surface area contributed by atoms with E-state index in [4.69, 9.17) is 10.2 Å². The van der Waals surface area contributed by atoms with Gasteiger partial charge in [-0.3, -0.25) is 9.59 Å². The minimum absolute atomic E-state index is 0.388. The van der Waals surface area contributed by atoms with Gasteiger partial charge in [0.1, 0.15) is 0 Å². The van der Waals surface area contributed by atoms with Crippen LogP contribution in [0.2, 0.25) is 0 Å². The van der Waals surface area contributed by atoms with E-state index in [1.807, 2.05) is 0 Å². The van der Waals surface area contributed by atoms with Crippen LogP contribution in [0, 0.1) is 17.8 Å². The molecule has 0 spiro atoms. The van der Waals surface area contributed by atoms with E-state index in [1.54, 1.807) is 0 Å². The fraction of sp³-hybridized carbons (Fsp3) is 0.833. The molecule has 1 saturated heterocycles.